The molecule has 0 aliphatic rings. The minimum absolute atomic E-state index is 0.280. The Balaban J connectivity index is 2.35. The summed E-state index contributed by atoms with van der Waals surface area (Å²) in [5.41, 5.74) is 0.922. The standard InChI is InChI=1S/C9H10N2O4S/c1-14-11-16(12,13)6-8-7-4-2-3-5-9(7)15-10-8/h2-5,11H,6H2,1H3. The molecule has 0 saturated heterocycles. The number of benzene rings is 1. The maximum absolute atomic E-state index is 11.4. The van der Waals surface area contributed by atoms with E-state index in [1.807, 2.05) is 4.89 Å². The van der Waals surface area contributed by atoms with Crippen molar-refractivity contribution >= 4 is 21.0 Å². The minimum Gasteiger partial charge on any atom is -0.356 e. The van der Waals surface area contributed by atoms with Crippen molar-refractivity contribution in [3.05, 3.63) is 30.0 Å². The fourth-order valence-electron chi connectivity index (χ4n) is 1.38. The summed E-state index contributed by atoms with van der Waals surface area (Å²) in [6, 6.07) is 7.06. The fourth-order valence-corrected chi connectivity index (χ4v) is 2.26. The number of sulfonamides is 1. The molecule has 1 aromatic heterocycles. The summed E-state index contributed by atoms with van der Waals surface area (Å²) in [4.78, 5) is 6.29. The van der Waals surface area contributed by atoms with E-state index in [0.717, 1.165) is 0 Å². The van der Waals surface area contributed by atoms with E-state index in [0.29, 0.717) is 16.7 Å². The van der Waals surface area contributed by atoms with Gasteiger partial charge in [0.1, 0.15) is 11.4 Å². The summed E-state index contributed by atoms with van der Waals surface area (Å²) in [5, 5.41) is 4.40. The monoisotopic (exact) mass is 242 g/mol. The zero-order chi connectivity index (χ0) is 11.6. The Morgan fingerprint density at radius 1 is 1.44 bits per heavy atom. The zero-order valence-electron chi connectivity index (χ0n) is 8.50. The molecule has 16 heavy (non-hydrogen) atoms. The first-order valence-corrected chi connectivity index (χ1v) is 6.13. The number of nitrogens with zero attached hydrogens (tertiary/aromatic N) is 1. The minimum atomic E-state index is -3.54. The van der Waals surface area contributed by atoms with Crippen LogP contribution in [0.1, 0.15) is 5.69 Å². The van der Waals surface area contributed by atoms with Crippen LogP contribution in [0.2, 0.25) is 0 Å². The second-order valence-electron chi connectivity index (χ2n) is 3.17. The Morgan fingerprint density at radius 3 is 2.94 bits per heavy atom. The predicted molar refractivity (Wildman–Crippen MR) is 56.8 cm³/mol. The van der Waals surface area contributed by atoms with E-state index in [1.54, 1.807) is 24.3 Å². The van der Waals surface area contributed by atoms with Crippen molar-refractivity contribution in [2.45, 2.75) is 5.75 Å². The van der Waals surface area contributed by atoms with Crippen LogP contribution in [0.5, 0.6) is 0 Å². The van der Waals surface area contributed by atoms with E-state index in [1.165, 1.54) is 7.11 Å². The van der Waals surface area contributed by atoms with Crippen molar-refractivity contribution in [1.29, 1.82) is 0 Å². The Hall–Kier alpha value is -1.44. The maximum Gasteiger partial charge on any atom is 0.239 e. The summed E-state index contributed by atoms with van der Waals surface area (Å²) in [6.07, 6.45) is 0. The lowest BCUT2D eigenvalue weighted by Crippen LogP contribution is -2.24. The van der Waals surface area contributed by atoms with Gasteiger partial charge in [-0.2, -0.15) is 0 Å². The summed E-state index contributed by atoms with van der Waals surface area (Å²) < 4.78 is 27.8. The van der Waals surface area contributed by atoms with Crippen LogP contribution < -0.4 is 4.89 Å². The van der Waals surface area contributed by atoms with Crippen LogP contribution in [0, 0.1) is 0 Å². The number of hydrogen-bond donors (Lipinski definition) is 1. The van der Waals surface area contributed by atoms with Crippen LogP contribution in [-0.4, -0.2) is 20.7 Å². The van der Waals surface area contributed by atoms with Gasteiger partial charge in [-0.05, 0) is 12.1 Å². The summed E-state index contributed by atoms with van der Waals surface area (Å²) in [7, 11) is -2.31. The molecule has 1 N–H and O–H groups in total. The molecule has 86 valence electrons. The first-order chi connectivity index (χ1) is 7.62. The van der Waals surface area contributed by atoms with Crippen LogP contribution in [0.15, 0.2) is 28.8 Å². The molecule has 1 heterocycles. The lowest BCUT2D eigenvalue weighted by molar-refractivity contribution is 0.153. The lowest BCUT2D eigenvalue weighted by Gasteiger charge is -2.00. The van der Waals surface area contributed by atoms with Gasteiger partial charge in [0.2, 0.25) is 10.0 Å². The van der Waals surface area contributed by atoms with Gasteiger partial charge < -0.3 is 4.52 Å². The molecule has 0 radical (unpaired) electrons. The van der Waals surface area contributed by atoms with Crippen LogP contribution in [-0.2, 0) is 20.6 Å². The molecule has 0 atom stereocenters. The fraction of sp³-hybridized carbons (Fsp3) is 0.222. The van der Waals surface area contributed by atoms with Gasteiger partial charge in [0.15, 0.2) is 5.58 Å². The molecule has 1 aromatic carbocycles. The molecule has 0 unspecified atom stereocenters. The normalized spacial score (nSPS) is 12.1. The maximum atomic E-state index is 11.4. The van der Waals surface area contributed by atoms with Gasteiger partial charge in [0.25, 0.3) is 0 Å². The zero-order valence-corrected chi connectivity index (χ0v) is 9.32. The van der Waals surface area contributed by atoms with Gasteiger partial charge in [-0.25, -0.2) is 8.42 Å². The number of nitrogens with one attached hydrogen (secondary N) is 1. The van der Waals surface area contributed by atoms with Crippen LogP contribution in [0.4, 0.5) is 0 Å². The number of hydrogen-bond acceptors (Lipinski definition) is 5. The van der Waals surface area contributed by atoms with Crippen molar-refractivity contribution in [1.82, 2.24) is 10.0 Å². The van der Waals surface area contributed by atoms with Crippen LogP contribution in [0.3, 0.4) is 0 Å². The van der Waals surface area contributed by atoms with Crippen molar-refractivity contribution in [2.75, 3.05) is 7.11 Å². The highest BCUT2D eigenvalue weighted by molar-refractivity contribution is 7.88. The van der Waals surface area contributed by atoms with Gasteiger partial charge in [-0.3, -0.25) is 4.84 Å². The molecular formula is C9H10N2O4S. The molecule has 0 bridgehead atoms. The molecule has 2 aromatic rings. The van der Waals surface area contributed by atoms with Crippen molar-refractivity contribution < 1.29 is 17.8 Å². The van der Waals surface area contributed by atoms with Crippen LogP contribution in [0.25, 0.3) is 11.0 Å². The molecule has 0 fully saturated rings. The SMILES string of the molecule is CONS(=O)(=O)Cc1noc2ccccc12. The number of aromatic nitrogens is 1. The number of rotatable bonds is 4. The van der Waals surface area contributed by atoms with Crippen molar-refractivity contribution in [2.24, 2.45) is 0 Å². The van der Waals surface area contributed by atoms with Gasteiger partial charge in [0, 0.05) is 5.39 Å². The van der Waals surface area contributed by atoms with Gasteiger partial charge >= 0.3 is 0 Å². The topological polar surface area (TPSA) is 81.4 Å². The Bertz CT molecular complexity index is 590. The lowest BCUT2D eigenvalue weighted by atomic mass is 10.2. The summed E-state index contributed by atoms with van der Waals surface area (Å²) in [6.45, 7) is 0. The second kappa shape index (κ2) is 4.20. The van der Waals surface area contributed by atoms with Gasteiger partial charge in [0.05, 0.1) is 7.11 Å². The Morgan fingerprint density at radius 2 is 2.19 bits per heavy atom. The third-order valence-corrected chi connectivity index (χ3v) is 3.06. The first kappa shape index (κ1) is 11.1. The van der Waals surface area contributed by atoms with E-state index in [4.69, 9.17) is 4.52 Å². The highest BCUT2D eigenvalue weighted by Gasteiger charge is 2.16. The van der Waals surface area contributed by atoms with Crippen molar-refractivity contribution in [3.63, 3.8) is 0 Å². The molecule has 0 aliphatic heterocycles. The number of para-hydroxylation sites is 1. The summed E-state index contributed by atoms with van der Waals surface area (Å²) >= 11 is 0. The van der Waals surface area contributed by atoms with E-state index < -0.39 is 10.0 Å². The molecule has 6 nitrogen and oxygen atoms in total. The molecular weight excluding hydrogens is 232 g/mol. The van der Waals surface area contributed by atoms with Crippen LogP contribution >= 0.6 is 0 Å². The van der Waals surface area contributed by atoms with E-state index in [-0.39, 0.29) is 5.75 Å². The molecule has 7 heteroatoms. The highest BCUT2D eigenvalue weighted by atomic mass is 32.2. The van der Waals surface area contributed by atoms with Crippen molar-refractivity contribution in [3.8, 4) is 0 Å². The second-order valence-corrected chi connectivity index (χ2v) is 4.86. The summed E-state index contributed by atoms with van der Waals surface area (Å²) in [5.74, 6) is -0.280. The molecule has 0 aliphatic carbocycles. The average Bonchev–Trinajstić information content (AvgIpc) is 2.61. The van der Waals surface area contributed by atoms with Gasteiger partial charge in [-0.1, -0.05) is 22.2 Å². The third kappa shape index (κ3) is 2.21. The molecule has 0 saturated carbocycles. The molecule has 0 spiro atoms. The quantitative estimate of drug-likeness (QED) is 0.802. The van der Waals surface area contributed by atoms with E-state index in [2.05, 4.69) is 9.99 Å². The molecule has 0 amide bonds. The third-order valence-electron chi connectivity index (χ3n) is 1.99. The highest BCUT2D eigenvalue weighted by Crippen LogP contribution is 2.19. The first-order valence-electron chi connectivity index (χ1n) is 4.48. The van der Waals surface area contributed by atoms with Gasteiger partial charge in [-0.15, -0.1) is 0 Å². The number of fused-ring (bicyclic) bond motifs is 1. The predicted octanol–water partition coefficient (Wildman–Crippen LogP) is 0.809. The Labute approximate surface area is 92.2 Å². The smallest absolute Gasteiger partial charge is 0.239 e. The average molecular weight is 242 g/mol. The largest absolute Gasteiger partial charge is 0.356 e. The van der Waals surface area contributed by atoms with E-state index >= 15 is 0 Å². The van der Waals surface area contributed by atoms with E-state index in [9.17, 15) is 8.42 Å². The molecule has 2 rings (SSSR count). The Kier molecular flexibility index (Phi) is 2.90.